The lowest BCUT2D eigenvalue weighted by Gasteiger charge is -2.09. The zero-order chi connectivity index (χ0) is 16.1. The second kappa shape index (κ2) is 6.63. The van der Waals surface area contributed by atoms with Crippen LogP contribution in [0.2, 0.25) is 0 Å². The molecule has 0 N–H and O–H groups in total. The van der Waals surface area contributed by atoms with E-state index in [0.717, 1.165) is 0 Å². The van der Waals surface area contributed by atoms with Crippen LogP contribution in [0.4, 0.5) is 0 Å². The van der Waals surface area contributed by atoms with Crippen LogP contribution in [0.5, 0.6) is 5.75 Å². The molecule has 1 aromatic carbocycles. The van der Waals surface area contributed by atoms with Crippen molar-refractivity contribution in [3.05, 3.63) is 41.3 Å². The molecule has 0 radical (unpaired) electrons. The summed E-state index contributed by atoms with van der Waals surface area (Å²) in [5.41, 5.74) is 0.473. The van der Waals surface area contributed by atoms with Crippen molar-refractivity contribution in [2.45, 2.75) is 6.92 Å². The number of rotatable bonds is 4. The number of esters is 1. The topological polar surface area (TPSA) is 84.2 Å². The van der Waals surface area contributed by atoms with E-state index in [0.29, 0.717) is 11.3 Å². The number of carbonyl (C=O) groups excluding carboxylic acids is 1. The van der Waals surface area contributed by atoms with Crippen LogP contribution in [-0.2, 0) is 14.3 Å². The fourth-order valence-corrected chi connectivity index (χ4v) is 1.81. The normalized spacial score (nSPS) is 15.5. The number of benzene rings is 1. The standard InChI is InChI=1S/C15H15N3O4/c1-4-21-15(19)12(9-16)14-18(2)17-13(22-14)10-5-7-11(20-3)8-6-10/h5-8H,4H2,1-3H3. The Labute approximate surface area is 128 Å². The van der Waals surface area contributed by atoms with Crippen molar-refractivity contribution >= 4 is 11.9 Å². The van der Waals surface area contributed by atoms with E-state index in [1.165, 1.54) is 5.01 Å². The summed E-state index contributed by atoms with van der Waals surface area (Å²) in [6.07, 6.45) is 0. The third-order valence-corrected chi connectivity index (χ3v) is 2.87. The van der Waals surface area contributed by atoms with E-state index in [9.17, 15) is 4.79 Å². The Morgan fingerprint density at radius 1 is 1.41 bits per heavy atom. The highest BCUT2D eigenvalue weighted by atomic mass is 16.5. The Kier molecular flexibility index (Phi) is 4.63. The van der Waals surface area contributed by atoms with Gasteiger partial charge in [-0.1, -0.05) is 0 Å². The lowest BCUT2D eigenvalue weighted by atomic mass is 10.2. The first kappa shape index (κ1) is 15.4. The first-order valence-corrected chi connectivity index (χ1v) is 6.56. The van der Waals surface area contributed by atoms with Crippen molar-refractivity contribution in [1.82, 2.24) is 5.01 Å². The SMILES string of the molecule is CCOC(=O)C(C#N)=C1OC(c2ccc(OC)cc2)=NN1C. The zero-order valence-corrected chi connectivity index (χ0v) is 12.5. The molecule has 1 heterocycles. The predicted octanol–water partition coefficient (Wildman–Crippen LogP) is 1.62. The van der Waals surface area contributed by atoms with Gasteiger partial charge in [0.2, 0.25) is 11.8 Å². The number of ether oxygens (including phenoxy) is 3. The Hall–Kier alpha value is -3.01. The summed E-state index contributed by atoms with van der Waals surface area (Å²) in [5, 5.41) is 14.6. The molecule has 7 heteroatoms. The van der Waals surface area contributed by atoms with Gasteiger partial charge in [-0.15, -0.1) is 5.10 Å². The summed E-state index contributed by atoms with van der Waals surface area (Å²) in [6, 6.07) is 8.86. The van der Waals surface area contributed by atoms with Crippen LogP contribution in [0.1, 0.15) is 12.5 Å². The average molecular weight is 301 g/mol. The van der Waals surface area contributed by atoms with Crippen molar-refractivity contribution in [2.75, 3.05) is 20.8 Å². The third-order valence-electron chi connectivity index (χ3n) is 2.87. The number of carbonyl (C=O) groups is 1. The maximum absolute atomic E-state index is 11.8. The van der Waals surface area contributed by atoms with E-state index in [-0.39, 0.29) is 24.0 Å². The number of nitriles is 1. The van der Waals surface area contributed by atoms with Gasteiger partial charge in [-0.05, 0) is 31.2 Å². The highest BCUT2D eigenvalue weighted by molar-refractivity contribution is 5.98. The first-order valence-electron chi connectivity index (χ1n) is 6.56. The molecule has 0 amide bonds. The van der Waals surface area contributed by atoms with Gasteiger partial charge in [0.15, 0.2) is 5.57 Å². The van der Waals surface area contributed by atoms with Crippen LogP contribution in [-0.4, -0.2) is 37.6 Å². The predicted molar refractivity (Wildman–Crippen MR) is 77.7 cm³/mol. The first-order chi connectivity index (χ1) is 10.6. The molecule has 114 valence electrons. The maximum Gasteiger partial charge on any atom is 0.354 e. The molecule has 2 rings (SSSR count). The van der Waals surface area contributed by atoms with Crippen molar-refractivity contribution in [3.8, 4) is 11.8 Å². The lowest BCUT2D eigenvalue weighted by Crippen LogP contribution is -2.16. The molecule has 22 heavy (non-hydrogen) atoms. The molecular formula is C15H15N3O4. The van der Waals surface area contributed by atoms with Gasteiger partial charge in [0, 0.05) is 12.6 Å². The fraction of sp³-hybridized carbons (Fsp3) is 0.267. The van der Waals surface area contributed by atoms with Gasteiger partial charge in [-0.25, -0.2) is 9.80 Å². The second-order valence-electron chi connectivity index (χ2n) is 4.27. The van der Waals surface area contributed by atoms with Gasteiger partial charge < -0.3 is 14.2 Å². The van der Waals surface area contributed by atoms with Crippen molar-refractivity contribution in [3.63, 3.8) is 0 Å². The average Bonchev–Trinajstić information content (AvgIpc) is 2.90. The molecule has 1 aliphatic rings. The largest absolute Gasteiger partial charge is 0.497 e. The van der Waals surface area contributed by atoms with E-state index in [1.54, 1.807) is 51.4 Å². The number of hydrogen-bond acceptors (Lipinski definition) is 7. The Morgan fingerprint density at radius 2 is 2.09 bits per heavy atom. The number of methoxy groups -OCH3 is 1. The minimum absolute atomic E-state index is 0.0479. The molecule has 0 saturated heterocycles. The van der Waals surface area contributed by atoms with Crippen molar-refractivity contribution < 1.29 is 19.0 Å². The minimum atomic E-state index is -0.738. The zero-order valence-electron chi connectivity index (χ0n) is 12.5. The molecular weight excluding hydrogens is 286 g/mol. The highest BCUT2D eigenvalue weighted by Crippen LogP contribution is 2.23. The molecule has 0 aliphatic carbocycles. The van der Waals surface area contributed by atoms with Gasteiger partial charge in [-0.2, -0.15) is 5.26 Å². The second-order valence-corrected chi connectivity index (χ2v) is 4.27. The molecule has 0 aromatic heterocycles. The smallest absolute Gasteiger partial charge is 0.354 e. The number of nitrogens with zero attached hydrogens (tertiary/aromatic N) is 3. The minimum Gasteiger partial charge on any atom is -0.497 e. The quantitative estimate of drug-likeness (QED) is 0.477. The molecule has 0 spiro atoms. The maximum atomic E-state index is 11.8. The Morgan fingerprint density at radius 3 is 2.64 bits per heavy atom. The van der Waals surface area contributed by atoms with Crippen LogP contribution in [0.15, 0.2) is 40.8 Å². The summed E-state index contributed by atoms with van der Waals surface area (Å²) in [6.45, 7) is 1.84. The van der Waals surface area contributed by atoms with Gasteiger partial charge in [0.25, 0.3) is 0 Å². The van der Waals surface area contributed by atoms with E-state index >= 15 is 0 Å². The van der Waals surface area contributed by atoms with Crippen molar-refractivity contribution in [1.29, 1.82) is 5.26 Å². The van der Waals surface area contributed by atoms with Gasteiger partial charge in [0.1, 0.15) is 11.8 Å². The summed E-state index contributed by atoms with van der Waals surface area (Å²) >= 11 is 0. The molecule has 0 saturated carbocycles. The number of hydrogen-bond donors (Lipinski definition) is 0. The lowest BCUT2D eigenvalue weighted by molar-refractivity contribution is -0.138. The molecule has 1 aliphatic heterocycles. The summed E-state index contributed by atoms with van der Waals surface area (Å²) in [5.74, 6) is 0.303. The Balaban J connectivity index is 2.27. The molecule has 7 nitrogen and oxygen atoms in total. The molecule has 0 bridgehead atoms. The summed E-state index contributed by atoms with van der Waals surface area (Å²) < 4.78 is 15.5. The monoisotopic (exact) mass is 301 g/mol. The summed E-state index contributed by atoms with van der Waals surface area (Å²) in [4.78, 5) is 11.8. The van der Waals surface area contributed by atoms with Crippen LogP contribution >= 0.6 is 0 Å². The third kappa shape index (κ3) is 3.01. The van der Waals surface area contributed by atoms with Gasteiger partial charge in [-0.3, -0.25) is 0 Å². The van der Waals surface area contributed by atoms with Gasteiger partial charge in [0.05, 0.1) is 13.7 Å². The van der Waals surface area contributed by atoms with Gasteiger partial charge >= 0.3 is 5.97 Å². The van der Waals surface area contributed by atoms with Crippen LogP contribution in [0.3, 0.4) is 0 Å². The molecule has 0 unspecified atom stereocenters. The van der Waals surface area contributed by atoms with E-state index in [1.807, 2.05) is 0 Å². The molecule has 1 aromatic rings. The highest BCUT2D eigenvalue weighted by Gasteiger charge is 2.28. The fourth-order valence-electron chi connectivity index (χ4n) is 1.81. The molecule has 0 fully saturated rings. The van der Waals surface area contributed by atoms with E-state index in [4.69, 9.17) is 19.5 Å². The molecule has 0 atom stereocenters. The van der Waals surface area contributed by atoms with E-state index < -0.39 is 5.97 Å². The van der Waals surface area contributed by atoms with Crippen LogP contribution in [0.25, 0.3) is 0 Å². The van der Waals surface area contributed by atoms with E-state index in [2.05, 4.69) is 5.10 Å². The van der Waals surface area contributed by atoms with Crippen molar-refractivity contribution in [2.24, 2.45) is 5.10 Å². The van der Waals surface area contributed by atoms with Crippen LogP contribution in [0, 0.1) is 11.3 Å². The van der Waals surface area contributed by atoms with Crippen LogP contribution < -0.4 is 4.74 Å². The number of hydrazone groups is 1. The summed E-state index contributed by atoms with van der Waals surface area (Å²) in [7, 11) is 3.16. The Bertz CT molecular complexity index is 671.